The third-order valence-corrected chi connectivity index (χ3v) is 7.08. The second-order valence-electron chi connectivity index (χ2n) is 9.26. The minimum absolute atomic E-state index is 0.280. The van der Waals surface area contributed by atoms with Gasteiger partial charge in [-0.15, -0.1) is 0 Å². The smallest absolute Gasteiger partial charge is 0.416 e. The van der Waals surface area contributed by atoms with Gasteiger partial charge in [-0.2, -0.15) is 13.2 Å². The van der Waals surface area contributed by atoms with E-state index >= 15 is 0 Å². The Balaban J connectivity index is 1.32. The van der Waals surface area contributed by atoms with Crippen LogP contribution in [0.3, 0.4) is 0 Å². The molecule has 1 unspecified atom stereocenters. The number of alkyl halides is 3. The molecule has 1 saturated heterocycles. The Morgan fingerprint density at radius 3 is 2.29 bits per heavy atom. The largest absolute Gasteiger partial charge is 0.493 e. The van der Waals surface area contributed by atoms with E-state index in [1.807, 2.05) is 0 Å². The first-order valence-electron chi connectivity index (χ1n) is 11.5. The summed E-state index contributed by atoms with van der Waals surface area (Å²) < 4.78 is 44.0. The van der Waals surface area contributed by atoms with Gasteiger partial charge in [-0.25, -0.2) is 0 Å². The fourth-order valence-corrected chi connectivity index (χ4v) is 5.05. The standard InChI is InChI=1S/C26H32F3NO/c1-2-20-6-8-22(9-7-20)25(14-4-15-25)19-30-16-3-5-21(17-30)18-31-24-12-10-23(11-13-24)26(27,28)29/h6-13,21H,2-5,14-19H2,1H3. The lowest BCUT2D eigenvalue weighted by molar-refractivity contribution is -0.137. The van der Waals surface area contributed by atoms with E-state index in [4.69, 9.17) is 4.74 Å². The highest BCUT2D eigenvalue weighted by atomic mass is 19.4. The van der Waals surface area contributed by atoms with Crippen LogP contribution < -0.4 is 4.74 Å². The Morgan fingerprint density at radius 1 is 1.00 bits per heavy atom. The molecule has 0 aromatic heterocycles. The van der Waals surface area contributed by atoms with Crippen molar-refractivity contribution in [3.05, 3.63) is 65.2 Å². The predicted molar refractivity (Wildman–Crippen MR) is 117 cm³/mol. The summed E-state index contributed by atoms with van der Waals surface area (Å²) in [5.41, 5.74) is 2.50. The molecule has 0 bridgehead atoms. The van der Waals surface area contributed by atoms with Crippen LogP contribution in [0.5, 0.6) is 5.75 Å². The van der Waals surface area contributed by atoms with Crippen LogP contribution in [-0.4, -0.2) is 31.1 Å². The summed E-state index contributed by atoms with van der Waals surface area (Å²) in [4.78, 5) is 2.58. The molecule has 5 heteroatoms. The zero-order valence-electron chi connectivity index (χ0n) is 18.3. The number of hydrogen-bond donors (Lipinski definition) is 0. The highest BCUT2D eigenvalue weighted by molar-refractivity contribution is 5.32. The molecule has 0 N–H and O–H groups in total. The summed E-state index contributed by atoms with van der Waals surface area (Å²) in [7, 11) is 0. The molecule has 1 saturated carbocycles. The lowest BCUT2D eigenvalue weighted by Crippen LogP contribution is -2.49. The number of halogens is 3. The minimum Gasteiger partial charge on any atom is -0.493 e. The molecule has 31 heavy (non-hydrogen) atoms. The minimum atomic E-state index is -4.31. The molecule has 0 amide bonds. The van der Waals surface area contributed by atoms with Crippen molar-refractivity contribution in [1.29, 1.82) is 0 Å². The molecular formula is C26H32F3NO. The van der Waals surface area contributed by atoms with Gasteiger partial charge in [0.15, 0.2) is 0 Å². The first kappa shape index (κ1) is 22.2. The molecule has 168 valence electrons. The van der Waals surface area contributed by atoms with E-state index < -0.39 is 11.7 Å². The van der Waals surface area contributed by atoms with Crippen molar-refractivity contribution in [1.82, 2.24) is 4.90 Å². The van der Waals surface area contributed by atoms with Crippen LogP contribution >= 0.6 is 0 Å². The molecule has 0 spiro atoms. The number of likely N-dealkylation sites (tertiary alicyclic amines) is 1. The van der Waals surface area contributed by atoms with Crippen LogP contribution in [0.2, 0.25) is 0 Å². The second-order valence-corrected chi connectivity index (χ2v) is 9.26. The Labute approximate surface area is 183 Å². The van der Waals surface area contributed by atoms with Crippen molar-refractivity contribution < 1.29 is 17.9 Å². The third-order valence-electron chi connectivity index (χ3n) is 7.08. The van der Waals surface area contributed by atoms with E-state index in [9.17, 15) is 13.2 Å². The van der Waals surface area contributed by atoms with Crippen LogP contribution in [0.1, 0.15) is 55.7 Å². The average Bonchev–Trinajstić information content (AvgIpc) is 2.75. The SMILES string of the molecule is CCc1ccc(C2(CN3CCCC(COc4ccc(C(F)(F)F)cc4)C3)CCC2)cc1. The number of benzene rings is 2. The van der Waals surface area contributed by atoms with E-state index in [2.05, 4.69) is 36.1 Å². The molecule has 2 fully saturated rings. The van der Waals surface area contributed by atoms with Gasteiger partial charge in [0.1, 0.15) is 5.75 Å². The lowest BCUT2D eigenvalue weighted by Gasteiger charge is -2.47. The first-order valence-corrected chi connectivity index (χ1v) is 11.5. The van der Waals surface area contributed by atoms with Crippen molar-refractivity contribution in [2.45, 2.75) is 57.0 Å². The topological polar surface area (TPSA) is 12.5 Å². The van der Waals surface area contributed by atoms with E-state index in [-0.39, 0.29) is 5.41 Å². The molecule has 1 aliphatic carbocycles. The summed E-state index contributed by atoms with van der Waals surface area (Å²) in [6, 6.07) is 14.2. The number of hydrogen-bond acceptors (Lipinski definition) is 2. The van der Waals surface area contributed by atoms with Crippen LogP contribution in [0, 0.1) is 5.92 Å². The van der Waals surface area contributed by atoms with Gasteiger partial charge in [0, 0.05) is 24.4 Å². The van der Waals surface area contributed by atoms with Crippen molar-refractivity contribution in [3.63, 3.8) is 0 Å². The molecule has 1 heterocycles. The fourth-order valence-electron chi connectivity index (χ4n) is 5.05. The van der Waals surface area contributed by atoms with Gasteiger partial charge in [0.25, 0.3) is 0 Å². The molecular weight excluding hydrogens is 399 g/mol. The molecule has 2 nitrogen and oxygen atoms in total. The normalized spacial score (nSPS) is 21.5. The van der Waals surface area contributed by atoms with Gasteiger partial charge in [-0.3, -0.25) is 0 Å². The highest BCUT2D eigenvalue weighted by Gasteiger charge is 2.40. The van der Waals surface area contributed by atoms with Crippen LogP contribution in [-0.2, 0) is 18.0 Å². The van der Waals surface area contributed by atoms with E-state index in [1.54, 1.807) is 0 Å². The van der Waals surface area contributed by atoms with E-state index in [0.29, 0.717) is 18.3 Å². The average molecular weight is 432 g/mol. The van der Waals surface area contributed by atoms with E-state index in [0.717, 1.165) is 51.0 Å². The van der Waals surface area contributed by atoms with Crippen molar-refractivity contribution in [3.8, 4) is 5.75 Å². The number of aryl methyl sites for hydroxylation is 1. The lowest BCUT2D eigenvalue weighted by atomic mass is 9.64. The zero-order valence-corrected chi connectivity index (χ0v) is 18.3. The monoisotopic (exact) mass is 431 g/mol. The van der Waals surface area contributed by atoms with Gasteiger partial charge in [0.2, 0.25) is 0 Å². The Kier molecular flexibility index (Phi) is 6.61. The fraction of sp³-hybridized carbons (Fsp3) is 0.538. The Bertz CT molecular complexity index is 840. The second kappa shape index (κ2) is 9.23. The highest BCUT2D eigenvalue weighted by Crippen LogP contribution is 2.45. The van der Waals surface area contributed by atoms with Gasteiger partial charge in [0.05, 0.1) is 12.2 Å². The van der Waals surface area contributed by atoms with Crippen LogP contribution in [0.25, 0.3) is 0 Å². The number of ether oxygens (including phenoxy) is 1. The Hall–Kier alpha value is -2.01. The predicted octanol–water partition coefficient (Wildman–Crippen LogP) is 6.48. The van der Waals surface area contributed by atoms with Crippen LogP contribution in [0.15, 0.2) is 48.5 Å². The zero-order chi connectivity index (χ0) is 21.9. The summed E-state index contributed by atoms with van der Waals surface area (Å²) in [5, 5.41) is 0. The third kappa shape index (κ3) is 5.25. The van der Waals surface area contributed by atoms with Crippen molar-refractivity contribution >= 4 is 0 Å². The molecule has 2 aliphatic rings. The molecule has 4 rings (SSSR count). The van der Waals surface area contributed by atoms with Gasteiger partial charge >= 0.3 is 6.18 Å². The molecule has 2 aromatic carbocycles. The quantitative estimate of drug-likeness (QED) is 0.497. The van der Waals surface area contributed by atoms with Crippen LogP contribution in [0.4, 0.5) is 13.2 Å². The summed E-state index contributed by atoms with van der Waals surface area (Å²) >= 11 is 0. The number of rotatable bonds is 7. The van der Waals surface area contributed by atoms with Gasteiger partial charge < -0.3 is 9.64 Å². The summed E-state index contributed by atoms with van der Waals surface area (Å²) in [6.45, 7) is 5.95. The molecule has 1 atom stereocenters. The van der Waals surface area contributed by atoms with Crippen molar-refractivity contribution in [2.75, 3.05) is 26.2 Å². The number of nitrogens with zero attached hydrogens (tertiary/aromatic N) is 1. The van der Waals surface area contributed by atoms with Crippen molar-refractivity contribution in [2.24, 2.45) is 5.92 Å². The first-order chi connectivity index (χ1) is 14.9. The number of piperidine rings is 1. The molecule has 2 aromatic rings. The maximum absolute atomic E-state index is 12.7. The molecule has 0 radical (unpaired) electrons. The van der Waals surface area contributed by atoms with Gasteiger partial charge in [-0.05, 0) is 74.0 Å². The van der Waals surface area contributed by atoms with E-state index in [1.165, 1.54) is 42.5 Å². The maximum Gasteiger partial charge on any atom is 0.416 e. The molecule has 1 aliphatic heterocycles. The maximum atomic E-state index is 12.7. The summed E-state index contributed by atoms with van der Waals surface area (Å²) in [5.74, 6) is 0.923. The Morgan fingerprint density at radius 2 is 1.71 bits per heavy atom. The summed E-state index contributed by atoms with van der Waals surface area (Å²) in [6.07, 6.45) is 2.81. The van der Waals surface area contributed by atoms with Gasteiger partial charge in [-0.1, -0.05) is 37.6 Å².